The number of aliphatic carboxylic acids is 1. The number of rotatable bonds is 5. The lowest BCUT2D eigenvalue weighted by atomic mass is 10.0. The molecule has 112 valence electrons. The lowest BCUT2D eigenvalue weighted by Gasteiger charge is -2.29. The second-order valence-electron chi connectivity index (χ2n) is 5.05. The molecule has 1 aliphatic heterocycles. The van der Waals surface area contributed by atoms with Crippen LogP contribution in [0.25, 0.3) is 0 Å². The minimum Gasteiger partial charge on any atom is -0.480 e. The molecule has 0 radical (unpaired) electrons. The highest BCUT2D eigenvalue weighted by Gasteiger charge is 2.24. The van der Waals surface area contributed by atoms with Crippen molar-refractivity contribution in [1.82, 2.24) is 5.32 Å². The molecule has 1 aromatic carbocycles. The van der Waals surface area contributed by atoms with E-state index in [0.29, 0.717) is 12.8 Å². The van der Waals surface area contributed by atoms with Crippen LogP contribution >= 0.6 is 0 Å². The van der Waals surface area contributed by atoms with E-state index in [-0.39, 0.29) is 24.8 Å². The number of aryl methyl sites for hydroxylation is 1. The summed E-state index contributed by atoms with van der Waals surface area (Å²) in [5.41, 5.74) is 1.93. The van der Waals surface area contributed by atoms with E-state index in [1.54, 1.807) is 4.90 Å². The Morgan fingerprint density at radius 3 is 2.76 bits per heavy atom. The van der Waals surface area contributed by atoms with Gasteiger partial charge in [0.2, 0.25) is 11.8 Å². The van der Waals surface area contributed by atoms with E-state index in [0.717, 1.165) is 11.3 Å². The van der Waals surface area contributed by atoms with Gasteiger partial charge in [-0.1, -0.05) is 18.2 Å². The zero-order chi connectivity index (χ0) is 15.4. The summed E-state index contributed by atoms with van der Waals surface area (Å²) in [4.78, 5) is 36.0. The van der Waals surface area contributed by atoms with Gasteiger partial charge in [0.1, 0.15) is 6.04 Å². The molecule has 2 rings (SSSR count). The number of benzene rings is 1. The van der Waals surface area contributed by atoms with Gasteiger partial charge >= 0.3 is 5.97 Å². The minimum atomic E-state index is -1.08. The summed E-state index contributed by atoms with van der Waals surface area (Å²) in [6.07, 6.45) is 1.23. The molecule has 0 saturated carbocycles. The molecule has 0 aliphatic carbocycles. The number of anilines is 1. The lowest BCUT2D eigenvalue weighted by Crippen LogP contribution is -2.42. The number of nitrogens with zero attached hydrogens (tertiary/aromatic N) is 1. The Morgan fingerprint density at radius 2 is 2.05 bits per heavy atom. The zero-order valence-electron chi connectivity index (χ0n) is 11.8. The highest BCUT2D eigenvalue weighted by atomic mass is 16.4. The monoisotopic (exact) mass is 290 g/mol. The van der Waals surface area contributed by atoms with Crippen LogP contribution in [-0.2, 0) is 20.8 Å². The number of carboxylic acids is 1. The topological polar surface area (TPSA) is 86.7 Å². The summed E-state index contributed by atoms with van der Waals surface area (Å²) in [5.74, 6) is -1.46. The molecule has 1 unspecified atom stereocenters. The molecule has 2 amide bonds. The summed E-state index contributed by atoms with van der Waals surface area (Å²) >= 11 is 0. The van der Waals surface area contributed by atoms with E-state index >= 15 is 0 Å². The van der Waals surface area contributed by atoms with Gasteiger partial charge in [-0.15, -0.1) is 0 Å². The van der Waals surface area contributed by atoms with Gasteiger partial charge in [0.05, 0.1) is 0 Å². The molecular formula is C15H18N2O4. The van der Waals surface area contributed by atoms with Crippen molar-refractivity contribution in [3.8, 4) is 0 Å². The van der Waals surface area contributed by atoms with Gasteiger partial charge in [-0.2, -0.15) is 0 Å². The molecule has 0 fully saturated rings. The van der Waals surface area contributed by atoms with Gasteiger partial charge in [-0.05, 0) is 25.0 Å². The molecule has 0 bridgehead atoms. The van der Waals surface area contributed by atoms with Crippen molar-refractivity contribution < 1.29 is 19.5 Å². The van der Waals surface area contributed by atoms with Gasteiger partial charge in [-0.25, -0.2) is 0 Å². The first kappa shape index (κ1) is 15.0. The van der Waals surface area contributed by atoms with E-state index in [9.17, 15) is 14.4 Å². The second-order valence-corrected chi connectivity index (χ2v) is 5.05. The maximum absolute atomic E-state index is 12.0. The third-order valence-corrected chi connectivity index (χ3v) is 3.50. The van der Waals surface area contributed by atoms with Crippen LogP contribution in [0.2, 0.25) is 0 Å². The van der Waals surface area contributed by atoms with Crippen molar-refractivity contribution in [3.05, 3.63) is 29.8 Å². The highest BCUT2D eigenvalue weighted by Crippen LogP contribution is 2.27. The summed E-state index contributed by atoms with van der Waals surface area (Å²) in [5, 5.41) is 11.1. The zero-order valence-corrected chi connectivity index (χ0v) is 11.8. The number of fused-ring (bicyclic) bond motifs is 1. The highest BCUT2D eigenvalue weighted by molar-refractivity contribution is 5.97. The van der Waals surface area contributed by atoms with Gasteiger partial charge in [0.15, 0.2) is 0 Å². The minimum absolute atomic E-state index is 0.00668. The van der Waals surface area contributed by atoms with Gasteiger partial charge < -0.3 is 15.3 Å². The van der Waals surface area contributed by atoms with Crippen molar-refractivity contribution in [3.63, 3.8) is 0 Å². The van der Waals surface area contributed by atoms with E-state index in [1.807, 2.05) is 24.3 Å². The molecule has 6 nitrogen and oxygen atoms in total. The number of amides is 2. The van der Waals surface area contributed by atoms with Crippen LogP contribution in [0.1, 0.15) is 25.3 Å². The quantitative estimate of drug-likeness (QED) is 0.845. The first-order valence-electron chi connectivity index (χ1n) is 6.89. The number of carbonyl (C=O) groups is 3. The fourth-order valence-electron chi connectivity index (χ4n) is 2.33. The fourth-order valence-corrected chi connectivity index (χ4v) is 2.33. The Labute approximate surface area is 122 Å². The first-order chi connectivity index (χ1) is 9.99. The molecular weight excluding hydrogens is 272 g/mol. The maximum Gasteiger partial charge on any atom is 0.325 e. The Kier molecular flexibility index (Phi) is 4.57. The van der Waals surface area contributed by atoms with Crippen LogP contribution in [0.15, 0.2) is 24.3 Å². The molecule has 6 heteroatoms. The smallest absolute Gasteiger partial charge is 0.325 e. The average Bonchev–Trinajstić information content (AvgIpc) is 2.46. The molecule has 1 atom stereocenters. The van der Waals surface area contributed by atoms with E-state index in [4.69, 9.17) is 5.11 Å². The average molecular weight is 290 g/mol. The number of nitrogens with one attached hydrogen (secondary N) is 1. The predicted octanol–water partition coefficient (Wildman–Crippen LogP) is 0.945. The van der Waals surface area contributed by atoms with E-state index in [1.165, 1.54) is 6.92 Å². The largest absolute Gasteiger partial charge is 0.480 e. The molecule has 2 N–H and O–H groups in total. The predicted molar refractivity (Wildman–Crippen MR) is 77.0 cm³/mol. The van der Waals surface area contributed by atoms with Crippen LogP contribution in [0.5, 0.6) is 0 Å². The molecule has 21 heavy (non-hydrogen) atoms. The third-order valence-electron chi connectivity index (χ3n) is 3.50. The number of carbonyl (C=O) groups excluding carboxylic acids is 2. The summed E-state index contributed by atoms with van der Waals surface area (Å²) in [7, 11) is 0. The van der Waals surface area contributed by atoms with Crippen molar-refractivity contribution in [1.29, 1.82) is 0 Å². The van der Waals surface area contributed by atoms with Crippen LogP contribution < -0.4 is 10.2 Å². The Hall–Kier alpha value is -2.37. The van der Waals surface area contributed by atoms with Crippen molar-refractivity contribution in [2.75, 3.05) is 11.4 Å². The summed E-state index contributed by atoms with van der Waals surface area (Å²) in [6, 6.07) is 6.69. The number of carboxylic acid groups (broad SMARTS) is 1. The lowest BCUT2D eigenvalue weighted by molar-refractivity contribution is -0.141. The molecule has 0 saturated heterocycles. The van der Waals surface area contributed by atoms with Crippen LogP contribution in [-0.4, -0.2) is 35.5 Å². The third kappa shape index (κ3) is 3.59. The van der Waals surface area contributed by atoms with Crippen molar-refractivity contribution in [2.24, 2.45) is 0 Å². The second kappa shape index (κ2) is 6.39. The molecule has 0 spiro atoms. The molecule has 1 heterocycles. The normalized spacial score (nSPS) is 15.3. The standard InChI is InChI=1S/C15H18N2O4/c1-10(15(20)21)16-13(18)8-9-17-12-5-3-2-4-11(12)6-7-14(17)19/h2-5,10H,6-9H2,1H3,(H,16,18)(H,20,21). The van der Waals surface area contributed by atoms with Crippen LogP contribution in [0.3, 0.4) is 0 Å². The maximum atomic E-state index is 12.0. The Balaban J connectivity index is 1.98. The molecule has 0 aromatic heterocycles. The van der Waals surface area contributed by atoms with E-state index < -0.39 is 12.0 Å². The van der Waals surface area contributed by atoms with Crippen molar-refractivity contribution in [2.45, 2.75) is 32.2 Å². The number of hydrogen-bond acceptors (Lipinski definition) is 3. The molecule has 1 aliphatic rings. The Morgan fingerprint density at radius 1 is 1.33 bits per heavy atom. The van der Waals surface area contributed by atoms with Gasteiger partial charge in [-0.3, -0.25) is 14.4 Å². The Bertz CT molecular complexity index is 571. The first-order valence-corrected chi connectivity index (χ1v) is 6.89. The van der Waals surface area contributed by atoms with Gasteiger partial charge in [0, 0.05) is 25.1 Å². The SMILES string of the molecule is CC(NC(=O)CCN1C(=O)CCc2ccccc21)C(=O)O. The summed E-state index contributed by atoms with van der Waals surface area (Å²) in [6.45, 7) is 1.66. The summed E-state index contributed by atoms with van der Waals surface area (Å²) < 4.78 is 0. The van der Waals surface area contributed by atoms with Crippen LogP contribution in [0.4, 0.5) is 5.69 Å². The van der Waals surface area contributed by atoms with E-state index in [2.05, 4.69) is 5.32 Å². The number of hydrogen-bond donors (Lipinski definition) is 2. The van der Waals surface area contributed by atoms with Crippen LogP contribution in [0, 0.1) is 0 Å². The fraction of sp³-hybridized carbons (Fsp3) is 0.400. The molecule has 1 aromatic rings. The van der Waals surface area contributed by atoms with Crippen molar-refractivity contribution >= 4 is 23.5 Å². The number of para-hydroxylation sites is 1. The van der Waals surface area contributed by atoms with Gasteiger partial charge in [0.25, 0.3) is 0 Å².